The summed E-state index contributed by atoms with van der Waals surface area (Å²) in [6.45, 7) is 3.95. The summed E-state index contributed by atoms with van der Waals surface area (Å²) in [5.41, 5.74) is 3.14. The van der Waals surface area contributed by atoms with Gasteiger partial charge in [0.1, 0.15) is 17.3 Å². The van der Waals surface area contributed by atoms with E-state index in [1.54, 1.807) is 0 Å². The second-order valence-electron chi connectivity index (χ2n) is 5.94. The Hall–Kier alpha value is -3.28. The normalized spacial score (nSPS) is 10.5. The number of aryl methyl sites for hydroxylation is 2. The van der Waals surface area contributed by atoms with E-state index in [1.165, 1.54) is 24.5 Å². The number of carbonyl (C=O) groups is 1. The fraction of sp³-hybridized carbons (Fsp3) is 0.100. The van der Waals surface area contributed by atoms with Crippen LogP contribution in [0.4, 0.5) is 25.8 Å². The predicted octanol–water partition coefficient (Wildman–Crippen LogP) is 4.97. The summed E-state index contributed by atoms with van der Waals surface area (Å²) in [6, 6.07) is 10.7. The van der Waals surface area contributed by atoms with E-state index < -0.39 is 11.6 Å². The molecule has 2 aromatic carbocycles. The highest BCUT2D eigenvalue weighted by molar-refractivity contribution is 6.04. The number of nitrogens with one attached hydrogen (secondary N) is 2. The van der Waals surface area contributed by atoms with Gasteiger partial charge in [-0.15, -0.1) is 0 Å². The van der Waals surface area contributed by atoms with Crippen LogP contribution in [-0.2, 0) is 0 Å². The van der Waals surface area contributed by atoms with Gasteiger partial charge in [-0.1, -0.05) is 12.1 Å². The second-order valence-corrected chi connectivity index (χ2v) is 5.94. The molecule has 0 saturated heterocycles. The van der Waals surface area contributed by atoms with Crippen molar-refractivity contribution in [3.8, 4) is 0 Å². The molecule has 26 heavy (non-hydrogen) atoms. The Bertz CT molecular complexity index is 953. The standard InChI is InChI=1S/C20H17F2N3O/c1-12-6-7-15(8-13(12)2)25-20(26)14-9-16(11-23-10-14)24-19-17(21)4-3-5-18(19)22/h3-11,24H,1-2H3,(H,25,26). The molecule has 4 nitrogen and oxygen atoms in total. The first-order valence-corrected chi connectivity index (χ1v) is 7.99. The Morgan fingerprint density at radius 1 is 0.923 bits per heavy atom. The monoisotopic (exact) mass is 353 g/mol. The molecular weight excluding hydrogens is 336 g/mol. The average molecular weight is 353 g/mol. The first-order chi connectivity index (χ1) is 12.4. The number of hydrogen-bond acceptors (Lipinski definition) is 3. The Labute approximate surface area is 149 Å². The average Bonchev–Trinajstić information content (AvgIpc) is 2.62. The topological polar surface area (TPSA) is 54.0 Å². The van der Waals surface area contributed by atoms with Gasteiger partial charge in [0.2, 0.25) is 0 Å². The lowest BCUT2D eigenvalue weighted by atomic mass is 10.1. The van der Waals surface area contributed by atoms with Gasteiger partial charge >= 0.3 is 0 Å². The summed E-state index contributed by atoms with van der Waals surface area (Å²) in [5.74, 6) is -1.82. The van der Waals surface area contributed by atoms with Crippen LogP contribution in [0.3, 0.4) is 0 Å². The van der Waals surface area contributed by atoms with Crippen molar-refractivity contribution in [2.24, 2.45) is 0 Å². The van der Waals surface area contributed by atoms with Crippen molar-refractivity contribution in [2.75, 3.05) is 10.6 Å². The molecule has 132 valence electrons. The van der Waals surface area contributed by atoms with E-state index in [0.717, 1.165) is 23.3 Å². The maximum absolute atomic E-state index is 13.8. The van der Waals surface area contributed by atoms with Gasteiger partial charge < -0.3 is 10.6 Å². The van der Waals surface area contributed by atoms with Gasteiger partial charge in [-0.05, 0) is 55.3 Å². The van der Waals surface area contributed by atoms with E-state index in [-0.39, 0.29) is 17.2 Å². The molecule has 0 fully saturated rings. The minimum absolute atomic E-state index is 0.268. The van der Waals surface area contributed by atoms with Crippen LogP contribution in [0.1, 0.15) is 21.5 Å². The second kappa shape index (κ2) is 7.31. The number of rotatable bonds is 4. The minimum atomic E-state index is -0.727. The van der Waals surface area contributed by atoms with Crippen molar-refractivity contribution in [2.45, 2.75) is 13.8 Å². The maximum atomic E-state index is 13.8. The van der Waals surface area contributed by atoms with Gasteiger partial charge in [0, 0.05) is 11.9 Å². The molecule has 1 amide bonds. The molecule has 3 aromatic rings. The number of halogens is 2. The lowest BCUT2D eigenvalue weighted by Crippen LogP contribution is -2.12. The molecule has 0 saturated carbocycles. The summed E-state index contributed by atoms with van der Waals surface area (Å²) in [5, 5.41) is 5.41. The van der Waals surface area contributed by atoms with Gasteiger partial charge in [0.25, 0.3) is 5.91 Å². The third-order valence-corrected chi connectivity index (χ3v) is 4.00. The highest BCUT2D eigenvalue weighted by Gasteiger charge is 2.11. The number of para-hydroxylation sites is 1. The quantitative estimate of drug-likeness (QED) is 0.696. The molecule has 0 radical (unpaired) electrons. The highest BCUT2D eigenvalue weighted by Crippen LogP contribution is 2.23. The lowest BCUT2D eigenvalue weighted by Gasteiger charge is -2.10. The van der Waals surface area contributed by atoms with Crippen LogP contribution in [0.25, 0.3) is 0 Å². The summed E-state index contributed by atoms with van der Waals surface area (Å²) in [7, 11) is 0. The van der Waals surface area contributed by atoms with Gasteiger partial charge in [0.05, 0.1) is 17.4 Å². The third kappa shape index (κ3) is 3.85. The van der Waals surface area contributed by atoms with Crippen LogP contribution < -0.4 is 10.6 Å². The Morgan fingerprint density at radius 2 is 1.65 bits per heavy atom. The largest absolute Gasteiger partial charge is 0.349 e. The van der Waals surface area contributed by atoms with E-state index in [9.17, 15) is 13.6 Å². The van der Waals surface area contributed by atoms with Crippen LogP contribution >= 0.6 is 0 Å². The van der Waals surface area contributed by atoms with Crippen molar-refractivity contribution in [3.05, 3.63) is 83.2 Å². The molecule has 0 unspecified atom stereocenters. The molecule has 1 heterocycles. The smallest absolute Gasteiger partial charge is 0.257 e. The van der Waals surface area contributed by atoms with Crippen LogP contribution in [0.15, 0.2) is 54.9 Å². The third-order valence-electron chi connectivity index (χ3n) is 4.00. The molecule has 1 aromatic heterocycles. The summed E-state index contributed by atoms with van der Waals surface area (Å²) in [6.07, 6.45) is 2.78. The van der Waals surface area contributed by atoms with E-state index in [2.05, 4.69) is 15.6 Å². The Kier molecular flexibility index (Phi) is 4.93. The van der Waals surface area contributed by atoms with Gasteiger partial charge in [-0.25, -0.2) is 8.78 Å². The molecule has 0 bridgehead atoms. The number of carbonyl (C=O) groups excluding carboxylic acids is 1. The van der Waals surface area contributed by atoms with Crippen LogP contribution in [0.2, 0.25) is 0 Å². The predicted molar refractivity (Wildman–Crippen MR) is 97.7 cm³/mol. The molecular formula is C20H17F2N3O. The van der Waals surface area contributed by atoms with Crippen LogP contribution in [0, 0.1) is 25.5 Å². The number of anilines is 3. The first kappa shape index (κ1) is 17.5. The molecule has 6 heteroatoms. The number of nitrogens with zero attached hydrogens (tertiary/aromatic N) is 1. The molecule has 0 atom stereocenters. The molecule has 0 aliphatic carbocycles. The molecule has 3 rings (SSSR count). The van der Waals surface area contributed by atoms with Gasteiger partial charge in [-0.2, -0.15) is 0 Å². The number of benzene rings is 2. The van der Waals surface area contributed by atoms with Crippen molar-refractivity contribution in [1.82, 2.24) is 4.98 Å². The summed E-state index contributed by atoms with van der Waals surface area (Å²) >= 11 is 0. The number of amides is 1. The van der Waals surface area contributed by atoms with Crippen LogP contribution in [-0.4, -0.2) is 10.9 Å². The van der Waals surface area contributed by atoms with Gasteiger partial charge in [-0.3, -0.25) is 9.78 Å². The number of hydrogen-bond donors (Lipinski definition) is 2. The zero-order valence-electron chi connectivity index (χ0n) is 14.3. The summed E-state index contributed by atoms with van der Waals surface area (Å²) in [4.78, 5) is 16.4. The van der Waals surface area contributed by atoms with Crippen molar-refractivity contribution >= 4 is 23.0 Å². The fourth-order valence-corrected chi connectivity index (χ4v) is 2.42. The van der Waals surface area contributed by atoms with E-state index >= 15 is 0 Å². The molecule has 0 aliphatic heterocycles. The lowest BCUT2D eigenvalue weighted by molar-refractivity contribution is 0.102. The molecule has 2 N–H and O–H groups in total. The molecule has 0 aliphatic rings. The van der Waals surface area contributed by atoms with E-state index in [4.69, 9.17) is 0 Å². The van der Waals surface area contributed by atoms with E-state index in [1.807, 2.05) is 32.0 Å². The van der Waals surface area contributed by atoms with Crippen molar-refractivity contribution in [3.63, 3.8) is 0 Å². The number of aromatic nitrogens is 1. The molecule has 0 spiro atoms. The highest BCUT2D eigenvalue weighted by atomic mass is 19.1. The Morgan fingerprint density at radius 3 is 2.35 bits per heavy atom. The van der Waals surface area contributed by atoms with Crippen LogP contribution in [0.5, 0.6) is 0 Å². The zero-order chi connectivity index (χ0) is 18.7. The van der Waals surface area contributed by atoms with Gasteiger partial charge in [0.15, 0.2) is 0 Å². The minimum Gasteiger partial charge on any atom is -0.349 e. The zero-order valence-corrected chi connectivity index (χ0v) is 14.3. The van der Waals surface area contributed by atoms with E-state index in [0.29, 0.717) is 11.4 Å². The maximum Gasteiger partial charge on any atom is 0.257 e. The fourth-order valence-electron chi connectivity index (χ4n) is 2.42. The SMILES string of the molecule is Cc1ccc(NC(=O)c2cncc(Nc3c(F)cccc3F)c2)cc1C. The Balaban J connectivity index is 1.80. The first-order valence-electron chi connectivity index (χ1n) is 7.99. The number of pyridine rings is 1. The summed E-state index contributed by atoms with van der Waals surface area (Å²) < 4.78 is 27.5. The van der Waals surface area contributed by atoms with Crippen molar-refractivity contribution < 1.29 is 13.6 Å². The van der Waals surface area contributed by atoms with Crippen molar-refractivity contribution in [1.29, 1.82) is 0 Å².